The van der Waals surface area contributed by atoms with Crippen molar-refractivity contribution >= 4 is 0 Å². The summed E-state index contributed by atoms with van der Waals surface area (Å²) in [6.07, 6.45) is 14.8. The van der Waals surface area contributed by atoms with Crippen molar-refractivity contribution in [3.8, 4) is 0 Å². The Kier molecular flexibility index (Phi) is 3.42. The Morgan fingerprint density at radius 1 is 1.16 bits per heavy atom. The molecule has 2 aliphatic carbocycles. The van der Waals surface area contributed by atoms with Gasteiger partial charge in [0, 0.05) is 18.3 Å². The van der Waals surface area contributed by atoms with E-state index in [2.05, 4.69) is 18.2 Å². The van der Waals surface area contributed by atoms with Crippen molar-refractivity contribution < 1.29 is 5.11 Å². The fourth-order valence-electron chi connectivity index (χ4n) is 4.06. The van der Waals surface area contributed by atoms with Crippen molar-refractivity contribution in [2.24, 2.45) is 5.41 Å². The zero-order valence-electron chi connectivity index (χ0n) is 12.1. The minimum Gasteiger partial charge on any atom is -0.385 e. The molecular formula is C16H26N2O. The van der Waals surface area contributed by atoms with Crippen LogP contribution in [0.2, 0.25) is 0 Å². The van der Waals surface area contributed by atoms with Crippen LogP contribution >= 0.6 is 0 Å². The molecule has 2 aliphatic rings. The molecule has 0 aromatic carbocycles. The lowest BCUT2D eigenvalue weighted by molar-refractivity contribution is -0.0376. The lowest BCUT2D eigenvalue weighted by Gasteiger charge is -2.41. The van der Waals surface area contributed by atoms with E-state index in [0.717, 1.165) is 31.4 Å². The van der Waals surface area contributed by atoms with E-state index in [0.29, 0.717) is 5.41 Å². The van der Waals surface area contributed by atoms with E-state index in [1.165, 1.54) is 38.5 Å². The van der Waals surface area contributed by atoms with Gasteiger partial charge in [-0.2, -0.15) is 5.10 Å². The summed E-state index contributed by atoms with van der Waals surface area (Å²) >= 11 is 0. The molecule has 3 nitrogen and oxygen atoms in total. The van der Waals surface area contributed by atoms with Crippen LogP contribution in [0, 0.1) is 5.41 Å². The largest absolute Gasteiger partial charge is 0.385 e. The third kappa shape index (κ3) is 2.45. The zero-order valence-corrected chi connectivity index (χ0v) is 12.1. The van der Waals surface area contributed by atoms with Crippen LogP contribution in [0.3, 0.4) is 0 Å². The molecule has 0 radical (unpaired) electrons. The zero-order chi connectivity index (χ0) is 13.3. The molecule has 0 saturated heterocycles. The second-order valence-electron chi connectivity index (χ2n) is 6.73. The van der Waals surface area contributed by atoms with Gasteiger partial charge in [-0.3, -0.25) is 4.68 Å². The lowest BCUT2D eigenvalue weighted by atomic mass is 9.66. The van der Waals surface area contributed by atoms with E-state index < -0.39 is 5.60 Å². The van der Waals surface area contributed by atoms with Gasteiger partial charge >= 0.3 is 0 Å². The van der Waals surface area contributed by atoms with Gasteiger partial charge in [0.15, 0.2) is 0 Å². The monoisotopic (exact) mass is 262 g/mol. The molecule has 1 spiro atoms. The second kappa shape index (κ2) is 4.93. The Morgan fingerprint density at radius 3 is 2.47 bits per heavy atom. The summed E-state index contributed by atoms with van der Waals surface area (Å²) in [5.74, 6) is 0. The van der Waals surface area contributed by atoms with Crippen LogP contribution in [0.1, 0.15) is 70.3 Å². The van der Waals surface area contributed by atoms with Gasteiger partial charge in [-0.1, -0.05) is 19.8 Å². The highest BCUT2D eigenvalue weighted by atomic mass is 16.3. The van der Waals surface area contributed by atoms with E-state index in [4.69, 9.17) is 0 Å². The molecule has 0 unspecified atom stereocenters. The maximum atomic E-state index is 10.9. The summed E-state index contributed by atoms with van der Waals surface area (Å²) in [5.41, 5.74) is 1.000. The SMILES string of the molecule is CCCn1cc(C2(O)CCC3(CCCC3)CC2)cn1. The average Bonchev–Trinajstić information content (AvgIpc) is 3.05. The molecule has 2 fully saturated rings. The average molecular weight is 262 g/mol. The number of hydrogen-bond donors (Lipinski definition) is 1. The number of aromatic nitrogens is 2. The highest BCUT2D eigenvalue weighted by molar-refractivity contribution is 5.17. The Balaban J connectivity index is 1.70. The fraction of sp³-hybridized carbons (Fsp3) is 0.812. The molecule has 0 bridgehead atoms. The van der Waals surface area contributed by atoms with Gasteiger partial charge in [0.1, 0.15) is 0 Å². The number of hydrogen-bond acceptors (Lipinski definition) is 2. The summed E-state index contributed by atoms with van der Waals surface area (Å²) in [6.45, 7) is 3.10. The maximum Gasteiger partial charge on any atom is 0.0927 e. The van der Waals surface area contributed by atoms with Crippen LogP contribution < -0.4 is 0 Å². The molecular weight excluding hydrogens is 236 g/mol. The third-order valence-corrected chi connectivity index (χ3v) is 5.43. The molecule has 1 heterocycles. The predicted octanol–water partition coefficient (Wildman–Crippen LogP) is 3.62. The molecule has 1 N–H and O–H groups in total. The topological polar surface area (TPSA) is 38.0 Å². The van der Waals surface area contributed by atoms with Crippen LogP contribution in [0.4, 0.5) is 0 Å². The standard InChI is InChI=1S/C16H26N2O/c1-2-11-18-13-14(12-17-18)16(19)9-7-15(8-10-16)5-3-4-6-15/h12-13,19H,2-11H2,1H3. The molecule has 106 valence electrons. The van der Waals surface area contributed by atoms with E-state index in [-0.39, 0.29) is 0 Å². The number of nitrogens with zero attached hydrogens (tertiary/aromatic N) is 2. The molecule has 3 heteroatoms. The molecule has 1 aromatic heterocycles. The first-order chi connectivity index (χ1) is 9.16. The Bertz CT molecular complexity index is 422. The van der Waals surface area contributed by atoms with Crippen LogP contribution in [0.15, 0.2) is 12.4 Å². The number of rotatable bonds is 3. The Labute approximate surface area is 116 Å². The van der Waals surface area contributed by atoms with E-state index in [9.17, 15) is 5.11 Å². The lowest BCUT2D eigenvalue weighted by Crippen LogP contribution is -2.35. The Hall–Kier alpha value is -0.830. The van der Waals surface area contributed by atoms with Gasteiger partial charge < -0.3 is 5.11 Å². The summed E-state index contributed by atoms with van der Waals surface area (Å²) in [6, 6.07) is 0. The third-order valence-electron chi connectivity index (χ3n) is 5.43. The number of aliphatic hydroxyl groups is 1. The van der Waals surface area contributed by atoms with E-state index in [1.807, 2.05) is 10.9 Å². The molecule has 3 rings (SSSR count). The van der Waals surface area contributed by atoms with E-state index >= 15 is 0 Å². The highest BCUT2D eigenvalue weighted by Crippen LogP contribution is 2.53. The summed E-state index contributed by atoms with van der Waals surface area (Å²) < 4.78 is 1.97. The molecule has 19 heavy (non-hydrogen) atoms. The number of aryl methyl sites for hydroxylation is 1. The van der Waals surface area contributed by atoms with E-state index in [1.54, 1.807) is 0 Å². The van der Waals surface area contributed by atoms with Crippen LogP contribution in [-0.2, 0) is 12.1 Å². The highest BCUT2D eigenvalue weighted by Gasteiger charge is 2.44. The molecule has 0 amide bonds. The fourth-order valence-corrected chi connectivity index (χ4v) is 4.06. The molecule has 0 atom stereocenters. The van der Waals surface area contributed by atoms with Crippen LogP contribution in [0.25, 0.3) is 0 Å². The van der Waals surface area contributed by atoms with Crippen molar-refractivity contribution in [1.29, 1.82) is 0 Å². The van der Waals surface area contributed by atoms with Gasteiger partial charge in [0.25, 0.3) is 0 Å². The van der Waals surface area contributed by atoms with Crippen LogP contribution in [0.5, 0.6) is 0 Å². The molecule has 2 saturated carbocycles. The van der Waals surface area contributed by atoms with Gasteiger partial charge in [-0.15, -0.1) is 0 Å². The normalized spacial score (nSPS) is 24.9. The predicted molar refractivity (Wildman–Crippen MR) is 75.8 cm³/mol. The quantitative estimate of drug-likeness (QED) is 0.903. The first-order valence-corrected chi connectivity index (χ1v) is 7.91. The molecule has 1 aromatic rings. The van der Waals surface area contributed by atoms with Crippen molar-refractivity contribution in [2.45, 2.75) is 76.9 Å². The summed E-state index contributed by atoms with van der Waals surface area (Å²) in [4.78, 5) is 0. The molecule has 0 aliphatic heterocycles. The summed E-state index contributed by atoms with van der Waals surface area (Å²) in [5, 5.41) is 15.3. The van der Waals surface area contributed by atoms with Gasteiger partial charge in [0.2, 0.25) is 0 Å². The Morgan fingerprint density at radius 2 is 1.84 bits per heavy atom. The minimum atomic E-state index is -0.611. The van der Waals surface area contributed by atoms with Crippen molar-refractivity contribution in [3.05, 3.63) is 18.0 Å². The van der Waals surface area contributed by atoms with Crippen molar-refractivity contribution in [1.82, 2.24) is 9.78 Å². The minimum absolute atomic E-state index is 0.575. The smallest absolute Gasteiger partial charge is 0.0927 e. The van der Waals surface area contributed by atoms with Gasteiger partial charge in [-0.05, 0) is 50.4 Å². The first-order valence-electron chi connectivity index (χ1n) is 7.91. The second-order valence-corrected chi connectivity index (χ2v) is 6.73. The van der Waals surface area contributed by atoms with Crippen molar-refractivity contribution in [2.75, 3.05) is 0 Å². The summed E-state index contributed by atoms with van der Waals surface area (Å²) in [7, 11) is 0. The van der Waals surface area contributed by atoms with Gasteiger partial charge in [0.05, 0.1) is 11.8 Å². The van der Waals surface area contributed by atoms with Crippen LogP contribution in [-0.4, -0.2) is 14.9 Å². The maximum absolute atomic E-state index is 10.9. The van der Waals surface area contributed by atoms with Crippen molar-refractivity contribution in [3.63, 3.8) is 0 Å². The van der Waals surface area contributed by atoms with Gasteiger partial charge in [-0.25, -0.2) is 0 Å². The first kappa shape index (κ1) is 13.2.